The van der Waals surface area contributed by atoms with E-state index in [4.69, 9.17) is 5.73 Å². The number of aromatic nitrogens is 1. The number of rotatable bonds is 3. The van der Waals surface area contributed by atoms with Crippen LogP contribution in [0.25, 0.3) is 10.8 Å². The first-order valence-corrected chi connectivity index (χ1v) is 7.87. The smallest absolute Gasteiger partial charge is 0.0879 e. The van der Waals surface area contributed by atoms with Crippen LogP contribution in [0.5, 0.6) is 0 Å². The SMILES string of the molecule is CC1CCC(CN)(C(O)c2cncc3ccccc23)CC1. The van der Waals surface area contributed by atoms with E-state index in [1.54, 1.807) is 0 Å². The number of aliphatic hydroxyl groups excluding tert-OH is 1. The van der Waals surface area contributed by atoms with Gasteiger partial charge in [0.05, 0.1) is 6.10 Å². The van der Waals surface area contributed by atoms with Crippen molar-refractivity contribution in [3.8, 4) is 0 Å². The van der Waals surface area contributed by atoms with Gasteiger partial charge in [-0.15, -0.1) is 0 Å². The van der Waals surface area contributed by atoms with Crippen molar-refractivity contribution in [1.82, 2.24) is 4.98 Å². The molecule has 1 saturated carbocycles. The van der Waals surface area contributed by atoms with E-state index in [1.165, 1.54) is 0 Å². The van der Waals surface area contributed by atoms with Gasteiger partial charge in [-0.1, -0.05) is 44.0 Å². The van der Waals surface area contributed by atoms with E-state index >= 15 is 0 Å². The molecular weight excluding hydrogens is 260 g/mol. The average molecular weight is 284 g/mol. The summed E-state index contributed by atoms with van der Waals surface area (Å²) in [5.41, 5.74) is 6.81. The molecule has 1 aromatic carbocycles. The van der Waals surface area contributed by atoms with E-state index in [1.807, 2.05) is 30.6 Å². The van der Waals surface area contributed by atoms with Crippen LogP contribution in [0.4, 0.5) is 0 Å². The molecule has 1 atom stereocenters. The number of hydrogen-bond donors (Lipinski definition) is 2. The fraction of sp³-hybridized carbons (Fsp3) is 0.500. The van der Waals surface area contributed by atoms with Crippen molar-refractivity contribution in [2.45, 2.75) is 38.7 Å². The number of benzene rings is 1. The molecule has 0 bridgehead atoms. The fourth-order valence-corrected chi connectivity index (χ4v) is 3.61. The summed E-state index contributed by atoms with van der Waals surface area (Å²) in [4.78, 5) is 4.31. The lowest BCUT2D eigenvalue weighted by atomic mass is 9.66. The van der Waals surface area contributed by atoms with Gasteiger partial charge in [0.2, 0.25) is 0 Å². The molecule has 1 aliphatic carbocycles. The van der Waals surface area contributed by atoms with Crippen molar-refractivity contribution in [2.24, 2.45) is 17.1 Å². The van der Waals surface area contributed by atoms with Gasteiger partial charge in [-0.2, -0.15) is 0 Å². The molecule has 2 aromatic rings. The van der Waals surface area contributed by atoms with Crippen LogP contribution in [0.3, 0.4) is 0 Å². The second kappa shape index (κ2) is 5.74. The predicted molar refractivity (Wildman–Crippen MR) is 85.8 cm³/mol. The van der Waals surface area contributed by atoms with Crippen molar-refractivity contribution >= 4 is 10.8 Å². The minimum absolute atomic E-state index is 0.196. The van der Waals surface area contributed by atoms with Crippen molar-refractivity contribution in [2.75, 3.05) is 6.54 Å². The lowest BCUT2D eigenvalue weighted by molar-refractivity contribution is -0.00745. The summed E-state index contributed by atoms with van der Waals surface area (Å²) in [5, 5.41) is 13.2. The van der Waals surface area contributed by atoms with Gasteiger partial charge in [-0.05, 0) is 24.1 Å². The highest BCUT2D eigenvalue weighted by atomic mass is 16.3. The summed E-state index contributed by atoms with van der Waals surface area (Å²) in [5.74, 6) is 0.738. The van der Waals surface area contributed by atoms with Gasteiger partial charge < -0.3 is 10.8 Å². The van der Waals surface area contributed by atoms with Gasteiger partial charge in [-0.3, -0.25) is 4.98 Å². The van der Waals surface area contributed by atoms with Crippen molar-refractivity contribution in [3.63, 3.8) is 0 Å². The number of nitrogens with two attached hydrogens (primary N) is 1. The summed E-state index contributed by atoms with van der Waals surface area (Å²) in [7, 11) is 0. The van der Waals surface area contributed by atoms with Crippen LogP contribution in [-0.4, -0.2) is 16.6 Å². The quantitative estimate of drug-likeness (QED) is 0.908. The first-order chi connectivity index (χ1) is 10.2. The summed E-state index contributed by atoms with van der Waals surface area (Å²) in [6.45, 7) is 2.82. The number of nitrogens with zero attached hydrogens (tertiary/aromatic N) is 1. The maximum absolute atomic E-state index is 11.1. The Balaban J connectivity index is 2.01. The zero-order chi connectivity index (χ0) is 14.9. The van der Waals surface area contributed by atoms with E-state index < -0.39 is 6.10 Å². The molecule has 1 unspecified atom stereocenters. The van der Waals surface area contributed by atoms with Gasteiger partial charge >= 0.3 is 0 Å². The van der Waals surface area contributed by atoms with Gasteiger partial charge in [0.1, 0.15) is 0 Å². The van der Waals surface area contributed by atoms with E-state index in [-0.39, 0.29) is 5.41 Å². The third kappa shape index (κ3) is 2.56. The monoisotopic (exact) mass is 284 g/mol. The summed E-state index contributed by atoms with van der Waals surface area (Å²) >= 11 is 0. The first-order valence-electron chi connectivity index (χ1n) is 7.87. The minimum Gasteiger partial charge on any atom is -0.388 e. The van der Waals surface area contributed by atoms with Crippen LogP contribution in [0.1, 0.15) is 44.3 Å². The number of pyridine rings is 1. The summed E-state index contributed by atoms with van der Waals surface area (Å²) < 4.78 is 0. The second-order valence-corrected chi connectivity index (χ2v) is 6.60. The number of hydrogen-bond acceptors (Lipinski definition) is 3. The van der Waals surface area contributed by atoms with Crippen LogP contribution in [0.15, 0.2) is 36.7 Å². The molecule has 3 nitrogen and oxygen atoms in total. The Morgan fingerprint density at radius 3 is 2.71 bits per heavy atom. The largest absolute Gasteiger partial charge is 0.388 e. The maximum Gasteiger partial charge on any atom is 0.0879 e. The highest BCUT2D eigenvalue weighted by Crippen LogP contribution is 2.47. The van der Waals surface area contributed by atoms with Crippen LogP contribution in [0.2, 0.25) is 0 Å². The molecule has 0 amide bonds. The van der Waals surface area contributed by atoms with Crippen molar-refractivity contribution in [1.29, 1.82) is 0 Å². The molecule has 0 spiro atoms. The Morgan fingerprint density at radius 2 is 2.00 bits per heavy atom. The highest BCUT2D eigenvalue weighted by Gasteiger charge is 2.40. The lowest BCUT2D eigenvalue weighted by Gasteiger charge is -2.42. The Kier molecular flexibility index (Phi) is 3.96. The van der Waals surface area contributed by atoms with Crippen molar-refractivity contribution < 1.29 is 5.11 Å². The molecule has 3 heteroatoms. The molecule has 112 valence electrons. The molecule has 3 N–H and O–H groups in total. The Morgan fingerprint density at radius 1 is 1.29 bits per heavy atom. The third-order valence-corrected chi connectivity index (χ3v) is 5.25. The van der Waals surface area contributed by atoms with E-state index in [0.29, 0.717) is 6.54 Å². The van der Waals surface area contributed by atoms with Crippen LogP contribution in [-0.2, 0) is 0 Å². The highest BCUT2D eigenvalue weighted by molar-refractivity contribution is 5.85. The van der Waals surface area contributed by atoms with E-state index in [2.05, 4.69) is 18.0 Å². The summed E-state index contributed by atoms with van der Waals surface area (Å²) in [6, 6.07) is 8.11. The van der Waals surface area contributed by atoms with E-state index in [0.717, 1.165) is 47.9 Å². The molecule has 0 radical (unpaired) electrons. The molecule has 3 rings (SSSR count). The number of aliphatic hydroxyl groups is 1. The standard InChI is InChI=1S/C18H24N2O/c1-13-6-8-18(12-19,9-7-13)17(21)16-11-20-10-14-4-2-3-5-15(14)16/h2-5,10-11,13,17,21H,6-9,12,19H2,1H3. The Hall–Kier alpha value is -1.45. The first kappa shape index (κ1) is 14.5. The summed E-state index contributed by atoms with van der Waals surface area (Å²) in [6.07, 6.45) is 7.41. The van der Waals surface area contributed by atoms with Crippen LogP contribution < -0.4 is 5.73 Å². The van der Waals surface area contributed by atoms with E-state index in [9.17, 15) is 5.11 Å². The fourth-order valence-electron chi connectivity index (χ4n) is 3.61. The van der Waals surface area contributed by atoms with Crippen LogP contribution >= 0.6 is 0 Å². The molecule has 1 heterocycles. The van der Waals surface area contributed by atoms with Crippen LogP contribution in [0, 0.1) is 11.3 Å². The maximum atomic E-state index is 11.1. The second-order valence-electron chi connectivity index (χ2n) is 6.60. The topological polar surface area (TPSA) is 59.1 Å². The third-order valence-electron chi connectivity index (χ3n) is 5.25. The van der Waals surface area contributed by atoms with Gasteiger partial charge in [-0.25, -0.2) is 0 Å². The Bertz CT molecular complexity index is 612. The Labute approximate surface area is 126 Å². The predicted octanol–water partition coefficient (Wildman–Crippen LogP) is 3.42. The normalized spacial score (nSPS) is 27.7. The lowest BCUT2D eigenvalue weighted by Crippen LogP contribution is -2.40. The average Bonchev–Trinajstić information content (AvgIpc) is 2.55. The number of fused-ring (bicyclic) bond motifs is 1. The van der Waals surface area contributed by atoms with Gasteiger partial charge in [0.25, 0.3) is 0 Å². The minimum atomic E-state index is -0.534. The zero-order valence-electron chi connectivity index (χ0n) is 12.6. The van der Waals surface area contributed by atoms with Crippen molar-refractivity contribution in [3.05, 3.63) is 42.2 Å². The zero-order valence-corrected chi connectivity index (χ0v) is 12.6. The molecular formula is C18H24N2O. The molecule has 0 aliphatic heterocycles. The molecule has 0 saturated heterocycles. The van der Waals surface area contributed by atoms with Gasteiger partial charge in [0, 0.05) is 35.3 Å². The van der Waals surface area contributed by atoms with Gasteiger partial charge in [0.15, 0.2) is 0 Å². The molecule has 21 heavy (non-hydrogen) atoms. The molecule has 1 fully saturated rings. The molecule has 1 aromatic heterocycles. The molecule has 1 aliphatic rings.